The maximum absolute atomic E-state index is 11.5. The Balaban J connectivity index is 2.76. The van der Waals surface area contributed by atoms with Crippen LogP contribution in [0.15, 0.2) is 15.7 Å². The Bertz CT molecular complexity index is 531. The van der Waals surface area contributed by atoms with Crippen LogP contribution in [0.2, 0.25) is 0 Å². The molecular weight excluding hydrogens is 228 g/mol. The second-order valence-corrected chi connectivity index (χ2v) is 3.45. The summed E-state index contributed by atoms with van der Waals surface area (Å²) >= 11 is 0. The number of hydrogen-bond donors (Lipinski definition) is 2. The number of carbonyl (C=O) groups is 1. The highest BCUT2D eigenvalue weighted by Gasteiger charge is 2.05. The number of aromatic nitrogens is 2. The van der Waals surface area contributed by atoms with E-state index in [1.54, 1.807) is 0 Å². The lowest BCUT2D eigenvalue weighted by Crippen LogP contribution is -2.39. The molecule has 0 aliphatic rings. The normalized spacial score (nSPS) is 10.5. The number of hydroxylamine groups is 1. The molecule has 0 saturated heterocycles. The molecule has 1 aromatic heterocycles. The first kappa shape index (κ1) is 13.1. The average molecular weight is 242 g/mol. The van der Waals surface area contributed by atoms with Gasteiger partial charge in [0.1, 0.15) is 6.61 Å². The Hall–Kier alpha value is -1.93. The molecule has 1 heterocycles. The molecule has 94 valence electrons. The van der Waals surface area contributed by atoms with Crippen LogP contribution in [0, 0.1) is 0 Å². The third kappa shape index (κ3) is 3.26. The van der Waals surface area contributed by atoms with E-state index in [-0.39, 0.29) is 13.2 Å². The van der Waals surface area contributed by atoms with Gasteiger partial charge in [-0.2, -0.15) is 5.48 Å². The predicted octanol–water partition coefficient (Wildman–Crippen LogP) is -2.41. The van der Waals surface area contributed by atoms with E-state index in [0.717, 1.165) is 4.57 Å². The summed E-state index contributed by atoms with van der Waals surface area (Å²) in [6.07, 6.45) is 0. The fourth-order valence-electron chi connectivity index (χ4n) is 1.20. The Labute approximate surface area is 96.6 Å². The zero-order valence-electron chi connectivity index (χ0n) is 9.60. The molecule has 0 aliphatic carbocycles. The van der Waals surface area contributed by atoms with Gasteiger partial charge in [-0.1, -0.05) is 0 Å². The molecule has 0 radical (unpaired) electrons. The van der Waals surface area contributed by atoms with Crippen LogP contribution >= 0.6 is 0 Å². The molecule has 0 aromatic carbocycles. The molecular formula is C9H14N4O4. The van der Waals surface area contributed by atoms with Crippen molar-refractivity contribution >= 4 is 5.91 Å². The van der Waals surface area contributed by atoms with Crippen LogP contribution in [0.25, 0.3) is 0 Å². The minimum atomic E-state index is -0.615. The van der Waals surface area contributed by atoms with Crippen molar-refractivity contribution < 1.29 is 9.63 Å². The number of carbonyl (C=O) groups excluding carboxylic acids is 1. The highest BCUT2D eigenvalue weighted by atomic mass is 16.6. The quantitative estimate of drug-likeness (QED) is 0.441. The minimum absolute atomic E-state index is 0.120. The monoisotopic (exact) mass is 242 g/mol. The number of nitrogens with one attached hydrogen (secondary N) is 1. The highest BCUT2D eigenvalue weighted by molar-refractivity contribution is 5.74. The van der Waals surface area contributed by atoms with Gasteiger partial charge in [-0.3, -0.25) is 23.6 Å². The Morgan fingerprint density at radius 3 is 2.65 bits per heavy atom. The van der Waals surface area contributed by atoms with Crippen molar-refractivity contribution in [1.29, 1.82) is 0 Å². The first-order chi connectivity index (χ1) is 7.93. The van der Waals surface area contributed by atoms with Crippen molar-refractivity contribution in [2.75, 3.05) is 6.61 Å². The molecule has 0 atom stereocenters. The van der Waals surface area contributed by atoms with Crippen molar-refractivity contribution in [3.05, 3.63) is 32.6 Å². The van der Waals surface area contributed by atoms with Gasteiger partial charge in [-0.25, -0.2) is 4.79 Å². The van der Waals surface area contributed by atoms with Crippen molar-refractivity contribution in [3.8, 4) is 0 Å². The molecule has 8 heteroatoms. The van der Waals surface area contributed by atoms with Crippen LogP contribution in [-0.2, 0) is 30.3 Å². The Morgan fingerprint density at radius 1 is 1.41 bits per heavy atom. The number of rotatable bonds is 5. The minimum Gasteiger partial charge on any atom is -0.368 e. The zero-order valence-corrected chi connectivity index (χ0v) is 9.60. The Morgan fingerprint density at radius 2 is 2.06 bits per heavy atom. The summed E-state index contributed by atoms with van der Waals surface area (Å²) in [6.45, 7) is -0.159. The predicted molar refractivity (Wildman–Crippen MR) is 58.9 cm³/mol. The zero-order chi connectivity index (χ0) is 13.0. The molecule has 0 fully saturated rings. The first-order valence-electron chi connectivity index (χ1n) is 4.82. The molecule has 0 unspecified atom stereocenters. The van der Waals surface area contributed by atoms with Crippen molar-refractivity contribution in [2.45, 2.75) is 6.54 Å². The van der Waals surface area contributed by atoms with Gasteiger partial charge in [-0.05, 0) is 0 Å². The van der Waals surface area contributed by atoms with Gasteiger partial charge in [0, 0.05) is 25.9 Å². The maximum Gasteiger partial charge on any atom is 0.330 e. The molecule has 17 heavy (non-hydrogen) atoms. The van der Waals surface area contributed by atoms with Crippen LogP contribution in [0.4, 0.5) is 0 Å². The third-order valence-corrected chi connectivity index (χ3v) is 2.20. The van der Waals surface area contributed by atoms with E-state index in [1.165, 1.54) is 24.7 Å². The smallest absolute Gasteiger partial charge is 0.330 e. The number of amides is 1. The summed E-state index contributed by atoms with van der Waals surface area (Å²) in [7, 11) is 2.93. The summed E-state index contributed by atoms with van der Waals surface area (Å²) in [4.78, 5) is 38.0. The number of primary amides is 1. The second kappa shape index (κ2) is 5.41. The van der Waals surface area contributed by atoms with Gasteiger partial charge in [0.25, 0.3) is 5.56 Å². The topological polar surface area (TPSA) is 108 Å². The van der Waals surface area contributed by atoms with Gasteiger partial charge in [-0.15, -0.1) is 0 Å². The molecule has 0 bridgehead atoms. The summed E-state index contributed by atoms with van der Waals surface area (Å²) in [5.74, 6) is -0.615. The lowest BCUT2D eigenvalue weighted by atomic mass is 10.4. The van der Waals surface area contributed by atoms with Crippen molar-refractivity contribution in [2.24, 2.45) is 19.8 Å². The lowest BCUT2D eigenvalue weighted by molar-refractivity contribution is -0.125. The van der Waals surface area contributed by atoms with E-state index < -0.39 is 17.2 Å². The lowest BCUT2D eigenvalue weighted by Gasteiger charge is -2.09. The summed E-state index contributed by atoms with van der Waals surface area (Å²) < 4.78 is 2.30. The van der Waals surface area contributed by atoms with E-state index in [2.05, 4.69) is 5.48 Å². The fraction of sp³-hybridized carbons (Fsp3) is 0.444. The Kier molecular flexibility index (Phi) is 4.18. The summed E-state index contributed by atoms with van der Waals surface area (Å²) in [5.41, 5.74) is 6.91. The van der Waals surface area contributed by atoms with E-state index in [1.807, 2.05) is 0 Å². The van der Waals surface area contributed by atoms with Crippen molar-refractivity contribution in [3.63, 3.8) is 0 Å². The van der Waals surface area contributed by atoms with Crippen LogP contribution in [-0.4, -0.2) is 21.6 Å². The fourth-order valence-corrected chi connectivity index (χ4v) is 1.20. The molecule has 0 saturated carbocycles. The summed E-state index contributed by atoms with van der Waals surface area (Å²) in [6, 6.07) is 1.31. The van der Waals surface area contributed by atoms with E-state index >= 15 is 0 Å². The highest BCUT2D eigenvalue weighted by Crippen LogP contribution is 1.89. The number of nitrogens with two attached hydrogens (primary N) is 1. The van der Waals surface area contributed by atoms with Crippen molar-refractivity contribution in [1.82, 2.24) is 14.6 Å². The van der Waals surface area contributed by atoms with Crippen LogP contribution in [0.1, 0.15) is 5.69 Å². The molecule has 1 amide bonds. The van der Waals surface area contributed by atoms with Crippen LogP contribution < -0.4 is 22.5 Å². The molecule has 3 N–H and O–H groups in total. The van der Waals surface area contributed by atoms with Gasteiger partial charge >= 0.3 is 5.69 Å². The number of nitrogens with zero attached hydrogens (tertiary/aromatic N) is 2. The average Bonchev–Trinajstić information content (AvgIpc) is 2.27. The standard InChI is InChI=1S/C9H14N4O4/c1-12-6(4-11-17-5-7(10)14)3-8(15)13(2)9(12)16/h3,11H,4-5H2,1-2H3,(H2,10,14). The molecule has 1 rings (SSSR count). The van der Waals surface area contributed by atoms with Crippen LogP contribution in [0.3, 0.4) is 0 Å². The van der Waals surface area contributed by atoms with Gasteiger partial charge in [0.2, 0.25) is 5.91 Å². The molecule has 8 nitrogen and oxygen atoms in total. The second-order valence-electron chi connectivity index (χ2n) is 3.45. The molecule has 0 aliphatic heterocycles. The van der Waals surface area contributed by atoms with E-state index in [0.29, 0.717) is 5.69 Å². The molecule has 0 spiro atoms. The van der Waals surface area contributed by atoms with Gasteiger partial charge < -0.3 is 5.73 Å². The maximum atomic E-state index is 11.5. The van der Waals surface area contributed by atoms with E-state index in [9.17, 15) is 14.4 Å². The molecule has 1 aromatic rings. The first-order valence-corrected chi connectivity index (χ1v) is 4.82. The SMILES string of the molecule is Cn1c(CNOCC(N)=O)cc(=O)n(C)c1=O. The largest absolute Gasteiger partial charge is 0.368 e. The van der Waals surface area contributed by atoms with Gasteiger partial charge in [0.15, 0.2) is 0 Å². The summed E-state index contributed by atoms with van der Waals surface area (Å²) in [5, 5.41) is 0. The third-order valence-electron chi connectivity index (χ3n) is 2.20. The van der Waals surface area contributed by atoms with E-state index in [4.69, 9.17) is 10.6 Å². The van der Waals surface area contributed by atoms with Crippen LogP contribution in [0.5, 0.6) is 0 Å². The van der Waals surface area contributed by atoms with Gasteiger partial charge in [0.05, 0.1) is 6.54 Å². The number of hydrogen-bond acceptors (Lipinski definition) is 5.